The van der Waals surface area contributed by atoms with Gasteiger partial charge in [0.2, 0.25) is 0 Å². The van der Waals surface area contributed by atoms with Crippen LogP contribution in [0.15, 0.2) is 18.2 Å². The molecule has 0 radical (unpaired) electrons. The number of aliphatic hydroxyl groups excluding tert-OH is 1. The summed E-state index contributed by atoms with van der Waals surface area (Å²) in [7, 11) is 1.81. The Hall–Kier alpha value is -0.810. The first-order valence-corrected chi connectivity index (χ1v) is 10.7. The molecule has 4 fully saturated rings. The Labute approximate surface area is 179 Å². The maximum Gasteiger partial charge on any atom is 0.252 e. The number of hydrogen-bond donors (Lipinski definition) is 3. The number of rotatable bonds is 7. The third-order valence-corrected chi connectivity index (χ3v) is 7.31. The van der Waals surface area contributed by atoms with Crippen molar-refractivity contribution in [2.45, 2.75) is 51.0 Å². The molecule has 0 spiro atoms. The van der Waals surface area contributed by atoms with Crippen LogP contribution in [0.5, 0.6) is 0 Å². The second-order valence-electron chi connectivity index (χ2n) is 9.33. The number of carbonyl (C=O) groups is 1. The van der Waals surface area contributed by atoms with Gasteiger partial charge in [-0.05, 0) is 92.9 Å². The predicted molar refractivity (Wildman–Crippen MR) is 115 cm³/mol. The van der Waals surface area contributed by atoms with Crippen LogP contribution in [0.4, 0.5) is 0 Å². The third-order valence-electron chi connectivity index (χ3n) is 6.98. The summed E-state index contributed by atoms with van der Waals surface area (Å²) in [6.07, 6.45) is 8.12. The van der Waals surface area contributed by atoms with Gasteiger partial charge in [-0.1, -0.05) is 17.7 Å². The number of halogens is 2. The lowest BCUT2D eigenvalue weighted by Crippen LogP contribution is -2.51. The summed E-state index contributed by atoms with van der Waals surface area (Å²) < 4.78 is 0. The normalized spacial score (nSPS) is 31.3. The molecule has 156 valence electrons. The highest BCUT2D eigenvalue weighted by Gasteiger charge is 2.50. The van der Waals surface area contributed by atoms with Gasteiger partial charge in [-0.2, -0.15) is 0 Å². The van der Waals surface area contributed by atoms with Crippen molar-refractivity contribution in [1.82, 2.24) is 10.6 Å². The standard InChI is InChI=1S/C22H31ClN2O2.ClH/c1-24-12-18(26)7-14-2-3-20(23)19(8-14)21(27)25-13-22-9-15-4-16(10-22)6-17(5-15)11-22;/h2-3,8,15-18,24,26H,4-7,9-13H2,1H3,(H,25,27);1H/t15?,16?,17?,18-,22?;/m0./s1. The molecule has 6 heteroatoms. The molecule has 1 atom stereocenters. The van der Waals surface area contributed by atoms with Gasteiger partial charge in [0.15, 0.2) is 0 Å². The first-order valence-electron chi connectivity index (χ1n) is 10.4. The number of aliphatic hydroxyl groups is 1. The quantitative estimate of drug-likeness (QED) is 0.620. The molecular formula is C22H32Cl2N2O2. The van der Waals surface area contributed by atoms with Crippen LogP contribution in [0.3, 0.4) is 0 Å². The molecule has 1 amide bonds. The zero-order valence-corrected chi connectivity index (χ0v) is 18.1. The molecule has 4 bridgehead atoms. The fourth-order valence-electron chi connectivity index (χ4n) is 6.32. The summed E-state index contributed by atoms with van der Waals surface area (Å²) in [6, 6.07) is 5.48. The lowest BCUT2D eigenvalue weighted by Gasteiger charge is -2.56. The first-order chi connectivity index (χ1) is 13.0. The van der Waals surface area contributed by atoms with E-state index in [0.717, 1.165) is 29.9 Å². The van der Waals surface area contributed by atoms with Crippen LogP contribution in [-0.4, -0.2) is 37.3 Å². The average molecular weight is 427 g/mol. The molecule has 4 aliphatic rings. The Morgan fingerprint density at radius 1 is 1.21 bits per heavy atom. The van der Waals surface area contributed by atoms with E-state index in [1.807, 2.05) is 19.2 Å². The third kappa shape index (κ3) is 4.67. The van der Waals surface area contributed by atoms with E-state index in [9.17, 15) is 9.90 Å². The zero-order valence-electron chi connectivity index (χ0n) is 16.5. The topological polar surface area (TPSA) is 61.4 Å². The molecule has 0 heterocycles. The van der Waals surface area contributed by atoms with Crippen LogP contribution in [0.1, 0.15) is 54.4 Å². The average Bonchev–Trinajstić information content (AvgIpc) is 2.60. The molecule has 4 saturated carbocycles. The highest BCUT2D eigenvalue weighted by molar-refractivity contribution is 6.33. The van der Waals surface area contributed by atoms with E-state index in [4.69, 9.17) is 11.6 Å². The lowest BCUT2D eigenvalue weighted by atomic mass is 9.49. The molecule has 1 aromatic carbocycles. The van der Waals surface area contributed by atoms with Gasteiger partial charge in [0.05, 0.1) is 16.7 Å². The van der Waals surface area contributed by atoms with Gasteiger partial charge in [-0.25, -0.2) is 0 Å². The number of hydrogen-bond acceptors (Lipinski definition) is 3. The van der Waals surface area contributed by atoms with Crippen molar-refractivity contribution in [3.8, 4) is 0 Å². The maximum absolute atomic E-state index is 12.9. The van der Waals surface area contributed by atoms with Crippen molar-refractivity contribution in [3.05, 3.63) is 34.3 Å². The Morgan fingerprint density at radius 3 is 2.39 bits per heavy atom. The van der Waals surface area contributed by atoms with Gasteiger partial charge < -0.3 is 15.7 Å². The summed E-state index contributed by atoms with van der Waals surface area (Å²) in [4.78, 5) is 12.9. The molecule has 0 unspecified atom stereocenters. The van der Waals surface area contributed by atoms with Crippen molar-refractivity contribution >= 4 is 29.9 Å². The van der Waals surface area contributed by atoms with E-state index in [-0.39, 0.29) is 18.3 Å². The summed E-state index contributed by atoms with van der Waals surface area (Å²) >= 11 is 6.31. The smallest absolute Gasteiger partial charge is 0.252 e. The summed E-state index contributed by atoms with van der Waals surface area (Å²) in [5.74, 6) is 2.57. The summed E-state index contributed by atoms with van der Waals surface area (Å²) in [5.41, 5.74) is 1.77. The van der Waals surface area contributed by atoms with E-state index >= 15 is 0 Å². The van der Waals surface area contributed by atoms with Gasteiger partial charge in [-0.15, -0.1) is 12.4 Å². The van der Waals surface area contributed by atoms with Crippen molar-refractivity contribution < 1.29 is 9.90 Å². The van der Waals surface area contributed by atoms with E-state index in [2.05, 4.69) is 10.6 Å². The highest BCUT2D eigenvalue weighted by atomic mass is 35.5. The molecule has 5 rings (SSSR count). The Morgan fingerprint density at radius 2 is 1.82 bits per heavy atom. The van der Waals surface area contributed by atoms with Crippen LogP contribution >= 0.6 is 24.0 Å². The molecule has 4 aliphatic carbocycles. The molecule has 0 saturated heterocycles. The molecule has 0 aromatic heterocycles. The van der Waals surface area contributed by atoms with Crippen LogP contribution in [0.2, 0.25) is 5.02 Å². The Kier molecular flexibility index (Phi) is 6.96. The van der Waals surface area contributed by atoms with E-state index in [1.165, 1.54) is 38.5 Å². The van der Waals surface area contributed by atoms with Crippen molar-refractivity contribution in [2.75, 3.05) is 20.1 Å². The summed E-state index contributed by atoms with van der Waals surface area (Å²) in [5, 5.41) is 16.7. The van der Waals surface area contributed by atoms with Gasteiger partial charge in [-0.3, -0.25) is 4.79 Å². The molecule has 28 heavy (non-hydrogen) atoms. The number of carbonyl (C=O) groups excluding carboxylic acids is 1. The van der Waals surface area contributed by atoms with E-state index in [0.29, 0.717) is 29.0 Å². The molecule has 0 aliphatic heterocycles. The summed E-state index contributed by atoms with van der Waals surface area (Å²) in [6.45, 7) is 1.30. The van der Waals surface area contributed by atoms with Crippen molar-refractivity contribution in [2.24, 2.45) is 23.2 Å². The van der Waals surface area contributed by atoms with Gasteiger partial charge in [0.25, 0.3) is 5.91 Å². The Balaban J connectivity index is 0.00000225. The van der Waals surface area contributed by atoms with E-state index < -0.39 is 6.10 Å². The second-order valence-corrected chi connectivity index (χ2v) is 9.74. The molecular weight excluding hydrogens is 395 g/mol. The number of benzene rings is 1. The van der Waals surface area contributed by atoms with Crippen LogP contribution < -0.4 is 10.6 Å². The van der Waals surface area contributed by atoms with E-state index in [1.54, 1.807) is 6.07 Å². The minimum Gasteiger partial charge on any atom is -0.391 e. The monoisotopic (exact) mass is 426 g/mol. The predicted octanol–water partition coefficient (Wildman–Crippen LogP) is 3.83. The fourth-order valence-corrected chi connectivity index (χ4v) is 6.53. The van der Waals surface area contributed by atoms with Gasteiger partial charge in [0, 0.05) is 13.1 Å². The zero-order chi connectivity index (χ0) is 19.0. The Bertz CT molecular complexity index is 674. The lowest BCUT2D eigenvalue weighted by molar-refractivity contribution is -0.0503. The maximum atomic E-state index is 12.9. The first kappa shape index (κ1) is 21.9. The number of amides is 1. The minimum atomic E-state index is -0.473. The minimum absolute atomic E-state index is 0. The highest BCUT2D eigenvalue weighted by Crippen LogP contribution is 2.59. The van der Waals surface area contributed by atoms with Crippen molar-refractivity contribution in [3.63, 3.8) is 0 Å². The number of likely N-dealkylation sites (N-methyl/N-ethyl adjacent to an activating group) is 1. The largest absolute Gasteiger partial charge is 0.391 e. The van der Waals surface area contributed by atoms with Crippen LogP contribution in [0, 0.1) is 23.2 Å². The van der Waals surface area contributed by atoms with Crippen molar-refractivity contribution in [1.29, 1.82) is 0 Å². The van der Waals surface area contributed by atoms with Crippen LogP contribution in [-0.2, 0) is 6.42 Å². The molecule has 1 aromatic rings. The molecule has 3 N–H and O–H groups in total. The number of nitrogens with one attached hydrogen (secondary N) is 2. The molecule has 4 nitrogen and oxygen atoms in total. The van der Waals surface area contributed by atoms with Gasteiger partial charge >= 0.3 is 0 Å². The SMILES string of the molecule is CNC[C@@H](O)Cc1ccc(Cl)c(C(=O)NCC23CC4CC(CC(C4)C2)C3)c1.Cl. The second kappa shape index (κ2) is 8.91. The van der Waals surface area contributed by atoms with Gasteiger partial charge in [0.1, 0.15) is 0 Å². The fraction of sp³-hybridized carbons (Fsp3) is 0.682. The van der Waals surface area contributed by atoms with Crippen LogP contribution in [0.25, 0.3) is 0 Å².